The smallest absolute Gasteiger partial charge is 0.324 e. The summed E-state index contributed by atoms with van der Waals surface area (Å²) in [5, 5.41) is 40.2. The number of rotatable bonds is 3. The average Bonchev–Trinajstić information content (AvgIpc) is 2.53. The van der Waals surface area contributed by atoms with Gasteiger partial charge in [0.15, 0.2) is 0 Å². The molecule has 1 aromatic rings. The van der Waals surface area contributed by atoms with Crippen molar-refractivity contribution in [3.05, 3.63) is 42.5 Å². The second-order valence-electron chi connectivity index (χ2n) is 6.14. The molecule has 4 aliphatic heterocycles. The predicted octanol–water partition coefficient (Wildman–Crippen LogP) is 0.0970. The van der Waals surface area contributed by atoms with Gasteiger partial charge in [-0.2, -0.15) is 0 Å². The van der Waals surface area contributed by atoms with Crippen molar-refractivity contribution >= 4 is 17.1 Å². The summed E-state index contributed by atoms with van der Waals surface area (Å²) < 4.78 is 0. The van der Waals surface area contributed by atoms with E-state index >= 15 is 0 Å². The lowest BCUT2D eigenvalue weighted by Gasteiger charge is -2.56. The summed E-state index contributed by atoms with van der Waals surface area (Å²) in [6, 6.07) is 0.894. The predicted molar refractivity (Wildman–Crippen MR) is 84.6 cm³/mol. The first-order valence-corrected chi connectivity index (χ1v) is 7.44. The van der Waals surface area contributed by atoms with Crippen LogP contribution in [0.4, 0.5) is 17.1 Å². The zero-order chi connectivity index (χ0) is 19.0. The van der Waals surface area contributed by atoms with Crippen LogP contribution in [-0.2, 0) is 0 Å². The summed E-state index contributed by atoms with van der Waals surface area (Å²) in [5.41, 5.74) is -3.00. The van der Waals surface area contributed by atoms with Crippen LogP contribution >= 0.6 is 0 Å². The van der Waals surface area contributed by atoms with E-state index in [2.05, 4.69) is 19.6 Å². The Morgan fingerprint density at radius 1 is 0.692 bits per heavy atom. The Morgan fingerprint density at radius 3 is 1.23 bits per heavy atom. The number of hydrogen-bond acceptors (Lipinski definition) is 11. The molecule has 0 amide bonds. The van der Waals surface area contributed by atoms with Gasteiger partial charge in [-0.15, -0.1) is 0 Å². The maximum absolute atomic E-state index is 10.4. The highest BCUT2D eigenvalue weighted by Gasteiger charge is 2.36. The van der Waals surface area contributed by atoms with Crippen molar-refractivity contribution < 1.29 is 19.9 Å². The Bertz CT molecular complexity index is 679. The summed E-state index contributed by atoms with van der Waals surface area (Å²) >= 11 is 0. The number of hydrogen-bond donors (Lipinski definition) is 1. The third-order valence-corrected chi connectivity index (χ3v) is 4.06. The summed E-state index contributed by atoms with van der Waals surface area (Å²) in [7, 11) is 0. The Balaban J connectivity index is 0.000000164. The quantitative estimate of drug-likeness (QED) is 0.567. The van der Waals surface area contributed by atoms with E-state index in [4.69, 9.17) is 5.11 Å². The maximum atomic E-state index is 10.4. The van der Waals surface area contributed by atoms with Gasteiger partial charge in [0, 0.05) is 0 Å². The molecule has 26 heavy (non-hydrogen) atoms. The van der Waals surface area contributed by atoms with Crippen molar-refractivity contribution in [1.29, 1.82) is 0 Å². The van der Waals surface area contributed by atoms with E-state index < -0.39 is 37.6 Å². The van der Waals surface area contributed by atoms with Gasteiger partial charge in [0.2, 0.25) is 0 Å². The fourth-order valence-electron chi connectivity index (χ4n) is 3.21. The number of nitro benzene ring substituents is 3. The fourth-order valence-corrected chi connectivity index (χ4v) is 3.21. The number of phenolic OH excluding ortho intramolecular Hbond substituents is 1. The standard InChI is InChI=1S/C6H12N4.C6H3N3O7/c1-7-2-9-4-8(1)5-10(3-7)6-9;10-6-4(8(13)14)1-3(7(11)12)2-5(6)9(15)16/h1-6H2;1-2,10H. The van der Waals surface area contributed by atoms with Crippen LogP contribution in [0.5, 0.6) is 5.75 Å². The first-order chi connectivity index (χ1) is 12.2. The second-order valence-corrected chi connectivity index (χ2v) is 6.14. The molecule has 0 aromatic heterocycles. The zero-order valence-corrected chi connectivity index (χ0v) is 13.4. The van der Waals surface area contributed by atoms with E-state index in [1.54, 1.807) is 0 Å². The van der Waals surface area contributed by atoms with Gasteiger partial charge >= 0.3 is 11.4 Å². The molecular weight excluding hydrogens is 354 g/mol. The van der Waals surface area contributed by atoms with Gasteiger partial charge < -0.3 is 5.11 Å². The molecule has 1 aromatic carbocycles. The van der Waals surface area contributed by atoms with Crippen molar-refractivity contribution in [3.8, 4) is 5.75 Å². The number of non-ortho nitro benzene ring substituents is 1. The van der Waals surface area contributed by atoms with Crippen molar-refractivity contribution in [2.75, 3.05) is 40.0 Å². The SMILES string of the molecule is C1N2CN3CN1CN(C2)C3.O=[N+]([O-])c1cc([N+](=O)[O-])c(O)c([N+](=O)[O-])c1. The van der Waals surface area contributed by atoms with Crippen LogP contribution in [0.15, 0.2) is 12.1 Å². The van der Waals surface area contributed by atoms with Crippen LogP contribution in [0.2, 0.25) is 0 Å². The van der Waals surface area contributed by atoms with E-state index in [9.17, 15) is 30.3 Å². The lowest BCUT2D eigenvalue weighted by Crippen LogP contribution is -2.71. The van der Waals surface area contributed by atoms with Crippen LogP contribution in [0, 0.1) is 30.3 Å². The topological polar surface area (TPSA) is 163 Å². The molecule has 4 bridgehead atoms. The minimum Gasteiger partial charge on any atom is -0.497 e. The van der Waals surface area contributed by atoms with E-state index in [-0.39, 0.29) is 0 Å². The van der Waals surface area contributed by atoms with E-state index in [1.807, 2.05) is 0 Å². The molecule has 4 aliphatic rings. The van der Waals surface area contributed by atoms with Crippen LogP contribution < -0.4 is 0 Å². The summed E-state index contributed by atoms with van der Waals surface area (Å²) in [6.07, 6.45) is 0. The Morgan fingerprint density at radius 2 is 1.00 bits per heavy atom. The highest BCUT2D eigenvalue weighted by Crippen LogP contribution is 2.38. The van der Waals surface area contributed by atoms with Crippen molar-refractivity contribution in [2.45, 2.75) is 0 Å². The fraction of sp³-hybridized carbons (Fsp3) is 0.500. The highest BCUT2D eigenvalue weighted by atomic mass is 16.6. The van der Waals surface area contributed by atoms with E-state index in [1.165, 1.54) is 40.0 Å². The molecule has 0 spiro atoms. The number of nitro groups is 3. The summed E-state index contributed by atoms with van der Waals surface area (Å²) in [6.45, 7) is 7.12. The van der Waals surface area contributed by atoms with Crippen molar-refractivity contribution in [1.82, 2.24) is 19.6 Å². The maximum Gasteiger partial charge on any atom is 0.324 e. The van der Waals surface area contributed by atoms with Gasteiger partial charge in [0.1, 0.15) is 0 Å². The molecule has 5 rings (SSSR count). The summed E-state index contributed by atoms with van der Waals surface area (Å²) in [4.78, 5) is 37.6. The van der Waals surface area contributed by atoms with Gasteiger partial charge in [-0.3, -0.25) is 49.9 Å². The first-order valence-electron chi connectivity index (χ1n) is 7.44. The van der Waals surface area contributed by atoms with Gasteiger partial charge in [-0.1, -0.05) is 0 Å². The van der Waals surface area contributed by atoms with Crippen LogP contribution in [0.3, 0.4) is 0 Å². The van der Waals surface area contributed by atoms with Gasteiger partial charge in [-0.25, -0.2) is 0 Å². The van der Waals surface area contributed by atoms with Gasteiger partial charge in [0.05, 0.1) is 66.9 Å². The largest absolute Gasteiger partial charge is 0.497 e. The molecule has 4 heterocycles. The minimum atomic E-state index is -1.21. The molecule has 0 unspecified atom stereocenters. The van der Waals surface area contributed by atoms with Crippen LogP contribution in [0.1, 0.15) is 0 Å². The lowest BCUT2D eigenvalue weighted by molar-refractivity contribution is -0.404. The zero-order valence-electron chi connectivity index (χ0n) is 13.4. The molecule has 0 saturated carbocycles. The first kappa shape index (κ1) is 17.9. The average molecular weight is 369 g/mol. The third-order valence-electron chi connectivity index (χ3n) is 4.06. The van der Waals surface area contributed by atoms with Crippen molar-refractivity contribution in [3.63, 3.8) is 0 Å². The Labute approximate surface area is 145 Å². The number of benzene rings is 1. The van der Waals surface area contributed by atoms with Crippen molar-refractivity contribution in [2.24, 2.45) is 0 Å². The number of phenols is 1. The van der Waals surface area contributed by atoms with E-state index in [0.717, 1.165) is 0 Å². The molecule has 1 N–H and O–H groups in total. The molecular formula is C12H15N7O7. The Kier molecular flexibility index (Phi) is 4.64. The highest BCUT2D eigenvalue weighted by molar-refractivity contribution is 5.64. The summed E-state index contributed by atoms with van der Waals surface area (Å²) in [5.74, 6) is -1.21. The molecule has 0 atom stereocenters. The molecule has 4 saturated heterocycles. The third kappa shape index (κ3) is 3.52. The molecule has 14 nitrogen and oxygen atoms in total. The Hall–Kier alpha value is -2.94. The molecule has 140 valence electrons. The molecule has 0 aliphatic carbocycles. The minimum absolute atomic E-state index is 0.447. The second kappa shape index (κ2) is 6.75. The molecule has 4 fully saturated rings. The molecule has 14 heteroatoms. The number of nitrogens with zero attached hydrogens (tertiary/aromatic N) is 7. The van der Waals surface area contributed by atoms with Crippen LogP contribution in [0.25, 0.3) is 0 Å². The van der Waals surface area contributed by atoms with Gasteiger partial charge in [0.25, 0.3) is 11.4 Å². The normalized spacial score (nSPS) is 28.2. The lowest BCUT2D eigenvalue weighted by atomic mass is 10.2. The van der Waals surface area contributed by atoms with Crippen LogP contribution in [-0.4, -0.2) is 79.5 Å². The number of aromatic hydroxyl groups is 1. The van der Waals surface area contributed by atoms with E-state index in [0.29, 0.717) is 12.1 Å². The monoisotopic (exact) mass is 369 g/mol. The van der Waals surface area contributed by atoms with Gasteiger partial charge in [-0.05, 0) is 0 Å². The molecule has 0 radical (unpaired) electrons.